The van der Waals surface area contributed by atoms with Crippen molar-refractivity contribution in [2.75, 3.05) is 12.4 Å². The van der Waals surface area contributed by atoms with Crippen LogP contribution in [0.4, 0.5) is 14.6 Å². The van der Waals surface area contributed by atoms with Gasteiger partial charge in [-0.2, -0.15) is 0 Å². The Morgan fingerprint density at radius 2 is 1.84 bits per heavy atom. The van der Waals surface area contributed by atoms with E-state index in [1.807, 2.05) is 42.5 Å². The number of rotatable bonds is 7. The molecular weight excluding hydrogens is 514 g/mol. The monoisotopic (exact) mass is 540 g/mol. The highest BCUT2D eigenvalue weighted by Crippen LogP contribution is 2.29. The van der Waals surface area contributed by atoms with Crippen LogP contribution >= 0.6 is 11.6 Å². The van der Waals surface area contributed by atoms with E-state index in [2.05, 4.69) is 20.6 Å². The predicted octanol–water partition coefficient (Wildman–Crippen LogP) is 5.20. The van der Waals surface area contributed by atoms with E-state index in [0.717, 1.165) is 30.1 Å². The van der Waals surface area contributed by atoms with Crippen LogP contribution < -0.4 is 16.3 Å². The van der Waals surface area contributed by atoms with Crippen molar-refractivity contribution in [2.24, 2.45) is 5.92 Å². The minimum atomic E-state index is -2.87. The second-order valence-corrected chi connectivity index (χ2v) is 9.86. The van der Waals surface area contributed by atoms with Gasteiger partial charge in [-0.3, -0.25) is 14.3 Å². The molecule has 1 amide bonds. The summed E-state index contributed by atoms with van der Waals surface area (Å²) < 4.78 is 30.1. The Bertz CT molecular complexity index is 1530. The van der Waals surface area contributed by atoms with Gasteiger partial charge in [-0.05, 0) is 61.9 Å². The summed E-state index contributed by atoms with van der Waals surface area (Å²) in [6, 6.07) is 14.2. The number of nitrogens with one attached hydrogen (secondary N) is 2. The van der Waals surface area contributed by atoms with Gasteiger partial charge in [-0.25, -0.2) is 23.1 Å². The third-order valence-corrected chi connectivity index (χ3v) is 7.22. The zero-order valence-electron chi connectivity index (χ0n) is 20.7. The smallest absolute Gasteiger partial charge is 0.334 e. The Balaban J connectivity index is 1.31. The van der Waals surface area contributed by atoms with Gasteiger partial charge in [0.05, 0.1) is 21.6 Å². The molecule has 4 aromatic rings. The second kappa shape index (κ2) is 10.9. The molecule has 1 saturated carbocycles. The van der Waals surface area contributed by atoms with Gasteiger partial charge in [0.15, 0.2) is 0 Å². The molecule has 0 bridgehead atoms. The summed E-state index contributed by atoms with van der Waals surface area (Å²) in [6.07, 6.45) is 1.14. The molecule has 1 aromatic carbocycles. The number of pyridine rings is 2. The van der Waals surface area contributed by atoms with Crippen LogP contribution in [0.5, 0.6) is 0 Å². The van der Waals surface area contributed by atoms with Gasteiger partial charge in [-0.15, -0.1) is 0 Å². The minimum absolute atomic E-state index is 0.126. The van der Waals surface area contributed by atoms with Gasteiger partial charge in [0.25, 0.3) is 12.3 Å². The fourth-order valence-corrected chi connectivity index (χ4v) is 5.27. The molecule has 0 radical (unpaired) electrons. The highest BCUT2D eigenvalue weighted by molar-refractivity contribution is 6.30. The third-order valence-electron chi connectivity index (χ3n) is 7.01. The van der Waals surface area contributed by atoms with E-state index in [1.165, 1.54) is 6.07 Å². The van der Waals surface area contributed by atoms with E-state index >= 15 is 0 Å². The van der Waals surface area contributed by atoms with E-state index in [9.17, 15) is 18.4 Å². The van der Waals surface area contributed by atoms with E-state index < -0.39 is 18.0 Å². The maximum atomic E-state index is 13.6. The molecular formula is C27H27ClF2N6O2. The molecule has 1 aliphatic carbocycles. The number of nitrogens with zero attached hydrogens (tertiary/aromatic N) is 4. The predicted molar refractivity (Wildman–Crippen MR) is 142 cm³/mol. The topological polar surface area (TPSA) is 93.8 Å². The van der Waals surface area contributed by atoms with Crippen LogP contribution in [-0.2, 0) is 6.54 Å². The zero-order valence-corrected chi connectivity index (χ0v) is 21.5. The molecule has 0 aliphatic heterocycles. The van der Waals surface area contributed by atoms with Gasteiger partial charge in [-0.1, -0.05) is 29.8 Å². The van der Waals surface area contributed by atoms with Crippen molar-refractivity contribution < 1.29 is 13.6 Å². The highest BCUT2D eigenvalue weighted by Gasteiger charge is 2.27. The molecule has 0 saturated heterocycles. The summed E-state index contributed by atoms with van der Waals surface area (Å²) in [5.74, 6) is 0.832. The molecule has 3 aromatic heterocycles. The standard InChI is InChI=1S/C27H27ClF2N6O2/c1-31-22-7-4-8-23(34-22)36-21-6-3-2-5-20(21)35(27(36)38)15-16-9-11-18(12-10-16)33-26(37)19-13-17(28)14-32-24(19)25(29)30/h2-8,13-14,16,18,25H,9-12,15H2,1H3,(H,31,34)(H,33,37)/t16-,18-. The quantitative estimate of drug-likeness (QED) is 0.336. The van der Waals surface area contributed by atoms with Crippen molar-refractivity contribution in [3.05, 3.63) is 81.5 Å². The SMILES string of the molecule is CNc1cccc(-n2c(=O)n(C[C@H]3CC[C@H](NC(=O)c4cc(Cl)cnc4C(F)F)CC3)c3ccccc32)n1. The van der Waals surface area contributed by atoms with Gasteiger partial charge in [0.2, 0.25) is 0 Å². The van der Waals surface area contributed by atoms with Gasteiger partial charge >= 0.3 is 5.69 Å². The average Bonchev–Trinajstić information content (AvgIpc) is 3.20. The van der Waals surface area contributed by atoms with Gasteiger partial charge < -0.3 is 10.6 Å². The molecule has 1 fully saturated rings. The van der Waals surface area contributed by atoms with Gasteiger partial charge in [0, 0.05) is 25.8 Å². The number of alkyl halides is 2. The number of anilines is 1. The first kappa shape index (κ1) is 25.8. The van der Waals surface area contributed by atoms with Crippen molar-refractivity contribution >= 4 is 34.4 Å². The normalized spacial score (nSPS) is 17.6. The number of imidazole rings is 1. The summed E-state index contributed by atoms with van der Waals surface area (Å²) in [5, 5.41) is 5.99. The highest BCUT2D eigenvalue weighted by atomic mass is 35.5. The molecule has 198 valence electrons. The first-order chi connectivity index (χ1) is 18.4. The lowest BCUT2D eigenvalue weighted by molar-refractivity contribution is 0.0904. The van der Waals surface area contributed by atoms with Crippen molar-refractivity contribution in [3.8, 4) is 5.82 Å². The zero-order chi connectivity index (χ0) is 26.8. The summed E-state index contributed by atoms with van der Waals surface area (Å²) in [6.45, 7) is 0.534. The Labute approximate surface area is 222 Å². The lowest BCUT2D eigenvalue weighted by Gasteiger charge is -2.29. The summed E-state index contributed by atoms with van der Waals surface area (Å²) in [5.41, 5.74) is 0.674. The van der Waals surface area contributed by atoms with Crippen LogP contribution in [-0.4, -0.2) is 38.1 Å². The molecule has 5 rings (SSSR count). The van der Waals surface area contributed by atoms with E-state index in [-0.39, 0.29) is 28.2 Å². The van der Waals surface area contributed by atoms with E-state index in [4.69, 9.17) is 11.6 Å². The number of carbonyl (C=O) groups excluding carboxylic acids is 1. The number of fused-ring (bicyclic) bond motifs is 1. The average molecular weight is 541 g/mol. The van der Waals surface area contributed by atoms with Crippen LogP contribution in [0.25, 0.3) is 16.9 Å². The number of carbonyl (C=O) groups is 1. The number of halogens is 3. The summed E-state index contributed by atoms with van der Waals surface area (Å²) in [7, 11) is 1.78. The molecule has 2 N–H and O–H groups in total. The molecule has 0 unspecified atom stereocenters. The minimum Gasteiger partial charge on any atom is -0.373 e. The number of hydrogen-bond acceptors (Lipinski definition) is 5. The molecule has 0 atom stereocenters. The van der Waals surface area contributed by atoms with Crippen molar-refractivity contribution in [1.29, 1.82) is 0 Å². The van der Waals surface area contributed by atoms with E-state index in [1.54, 1.807) is 16.2 Å². The Kier molecular flexibility index (Phi) is 7.42. The fourth-order valence-electron chi connectivity index (χ4n) is 5.11. The molecule has 1 aliphatic rings. The summed E-state index contributed by atoms with van der Waals surface area (Å²) >= 11 is 5.89. The van der Waals surface area contributed by atoms with Crippen molar-refractivity contribution in [1.82, 2.24) is 24.4 Å². The molecule has 3 heterocycles. The third kappa shape index (κ3) is 5.13. The first-order valence-electron chi connectivity index (χ1n) is 12.5. The first-order valence-corrected chi connectivity index (χ1v) is 12.8. The maximum absolute atomic E-state index is 13.6. The molecule has 8 nitrogen and oxygen atoms in total. The van der Waals surface area contributed by atoms with Crippen molar-refractivity contribution in [2.45, 2.75) is 44.7 Å². The number of hydrogen-bond donors (Lipinski definition) is 2. The van der Waals surface area contributed by atoms with Crippen LogP contribution in [0.15, 0.2) is 59.5 Å². The summed E-state index contributed by atoms with van der Waals surface area (Å²) in [4.78, 5) is 34.5. The van der Waals surface area contributed by atoms with Crippen molar-refractivity contribution in [3.63, 3.8) is 0 Å². The molecule has 38 heavy (non-hydrogen) atoms. The van der Waals surface area contributed by atoms with E-state index in [0.29, 0.717) is 31.0 Å². The second-order valence-electron chi connectivity index (χ2n) is 9.43. The van der Waals surface area contributed by atoms with Gasteiger partial charge in [0.1, 0.15) is 17.3 Å². The Hall–Kier alpha value is -3.79. The van der Waals surface area contributed by atoms with Crippen LogP contribution in [0.1, 0.15) is 48.2 Å². The van der Waals surface area contributed by atoms with Crippen LogP contribution in [0.2, 0.25) is 5.02 Å². The lowest BCUT2D eigenvalue weighted by Crippen LogP contribution is -2.39. The van der Waals surface area contributed by atoms with Crippen LogP contribution in [0, 0.1) is 5.92 Å². The number of amides is 1. The Morgan fingerprint density at radius 1 is 1.11 bits per heavy atom. The maximum Gasteiger partial charge on any atom is 0.334 e. The van der Waals surface area contributed by atoms with Crippen LogP contribution in [0.3, 0.4) is 0 Å². The fraction of sp³-hybridized carbons (Fsp3) is 0.333. The Morgan fingerprint density at radius 3 is 2.55 bits per heavy atom. The lowest BCUT2D eigenvalue weighted by atomic mass is 9.85. The largest absolute Gasteiger partial charge is 0.373 e. The number of aromatic nitrogens is 4. The molecule has 0 spiro atoms. The number of benzene rings is 1. The number of para-hydroxylation sites is 2. The molecule has 11 heteroatoms.